The molecule has 2 unspecified atom stereocenters. The van der Waals surface area contributed by atoms with Crippen molar-refractivity contribution in [2.45, 2.75) is 49.0 Å². The van der Waals surface area contributed by atoms with Crippen LogP contribution in [-0.4, -0.2) is 42.5 Å². The Hall–Kier alpha value is -3.41. The van der Waals surface area contributed by atoms with Gasteiger partial charge in [0.15, 0.2) is 9.84 Å². The summed E-state index contributed by atoms with van der Waals surface area (Å²) in [5.74, 6) is -0.562. The fraction of sp³-hybridized carbons (Fsp3) is 0.300. The number of hydrogen-bond acceptors (Lipinski definition) is 4. The van der Waals surface area contributed by atoms with Gasteiger partial charge < -0.3 is 15.0 Å². The van der Waals surface area contributed by atoms with Crippen molar-refractivity contribution in [1.29, 1.82) is 0 Å². The second kappa shape index (κ2) is 11.0. The number of carbonyl (C=O) groups is 1. The van der Waals surface area contributed by atoms with Gasteiger partial charge >= 0.3 is 6.18 Å². The standard InChI is InChI=1S/C30H27ClF4N2O4S/c1-2-42(40,41)24-8-5-21(6-9-24)29(17-27(29)38)36-28(39)19-4-10-26-20(13-19)15-23(37(26)12-11-32)14-18-3-7-22(31)16-25(18)30(33,34)35/h3-10,13,15-16,27,38H,2,11-12,14,17H2,1H3,(H,36,39). The van der Waals surface area contributed by atoms with E-state index in [1.54, 1.807) is 41.8 Å². The molecule has 4 aromatic rings. The minimum atomic E-state index is -4.63. The van der Waals surface area contributed by atoms with E-state index >= 15 is 0 Å². The van der Waals surface area contributed by atoms with Gasteiger partial charge in [0.05, 0.1) is 34.4 Å². The number of sulfone groups is 1. The Bertz CT molecular complexity index is 1770. The molecule has 222 valence electrons. The van der Waals surface area contributed by atoms with Crippen LogP contribution in [-0.2, 0) is 34.5 Å². The molecule has 42 heavy (non-hydrogen) atoms. The summed E-state index contributed by atoms with van der Waals surface area (Å²) < 4.78 is 80.5. The van der Waals surface area contributed by atoms with Gasteiger partial charge in [0.2, 0.25) is 0 Å². The summed E-state index contributed by atoms with van der Waals surface area (Å²) in [5, 5.41) is 13.8. The number of alkyl halides is 4. The van der Waals surface area contributed by atoms with Crippen LogP contribution in [0.3, 0.4) is 0 Å². The first-order valence-corrected chi connectivity index (χ1v) is 15.2. The molecule has 1 heterocycles. The maximum absolute atomic E-state index is 13.7. The highest BCUT2D eigenvalue weighted by atomic mass is 35.5. The van der Waals surface area contributed by atoms with Crippen molar-refractivity contribution in [2.75, 3.05) is 12.4 Å². The smallest absolute Gasteiger partial charge is 0.390 e. The topological polar surface area (TPSA) is 88.4 Å². The lowest BCUT2D eigenvalue weighted by atomic mass is 10.0. The molecule has 2 atom stereocenters. The number of benzene rings is 3. The molecule has 0 saturated heterocycles. The highest BCUT2D eigenvalue weighted by molar-refractivity contribution is 7.91. The normalized spacial score (nSPS) is 18.8. The van der Waals surface area contributed by atoms with Crippen LogP contribution in [0.5, 0.6) is 0 Å². The number of aromatic nitrogens is 1. The molecule has 12 heteroatoms. The molecule has 6 nitrogen and oxygen atoms in total. The molecule has 1 fully saturated rings. The zero-order chi connectivity index (χ0) is 30.4. The lowest BCUT2D eigenvalue weighted by Crippen LogP contribution is -2.37. The number of nitrogens with one attached hydrogen (secondary N) is 1. The molecular formula is C30H27ClF4N2O4S. The lowest BCUT2D eigenvalue weighted by Gasteiger charge is -2.19. The maximum Gasteiger partial charge on any atom is 0.416 e. The summed E-state index contributed by atoms with van der Waals surface area (Å²) in [7, 11) is -3.41. The summed E-state index contributed by atoms with van der Waals surface area (Å²) >= 11 is 5.81. The van der Waals surface area contributed by atoms with Crippen LogP contribution >= 0.6 is 11.6 Å². The number of halogens is 5. The molecule has 1 saturated carbocycles. The van der Waals surface area contributed by atoms with Gasteiger partial charge in [-0.05, 0) is 59.7 Å². The van der Waals surface area contributed by atoms with Gasteiger partial charge in [-0.2, -0.15) is 13.2 Å². The Morgan fingerprint density at radius 2 is 1.79 bits per heavy atom. The second-order valence-corrected chi connectivity index (χ2v) is 13.0. The van der Waals surface area contributed by atoms with Crippen molar-refractivity contribution >= 4 is 38.2 Å². The van der Waals surface area contributed by atoms with E-state index in [1.165, 1.54) is 30.3 Å². The number of aliphatic hydroxyl groups excluding tert-OH is 1. The van der Waals surface area contributed by atoms with Crippen molar-refractivity contribution in [3.05, 3.63) is 99.7 Å². The second-order valence-electron chi connectivity index (χ2n) is 10.3. The summed E-state index contributed by atoms with van der Waals surface area (Å²) in [6.07, 6.45) is -5.41. The van der Waals surface area contributed by atoms with Crippen LogP contribution in [0.25, 0.3) is 10.9 Å². The van der Waals surface area contributed by atoms with Gasteiger partial charge in [-0.15, -0.1) is 0 Å². The Labute approximate surface area is 244 Å². The number of amides is 1. The average molecular weight is 623 g/mol. The SMILES string of the molecule is CCS(=O)(=O)c1ccc(C2(NC(=O)c3ccc4c(c3)cc(Cc3ccc(Cl)cc3C(F)(F)F)n4CCF)CC2O)cc1. The van der Waals surface area contributed by atoms with Gasteiger partial charge in [-0.25, -0.2) is 12.8 Å². The molecule has 1 aromatic heterocycles. The Morgan fingerprint density at radius 3 is 2.38 bits per heavy atom. The number of aryl methyl sites for hydroxylation is 1. The van der Waals surface area contributed by atoms with Crippen molar-refractivity contribution in [2.24, 2.45) is 0 Å². The minimum absolute atomic E-state index is 0.0183. The predicted octanol–water partition coefficient (Wildman–Crippen LogP) is 6.06. The van der Waals surface area contributed by atoms with Gasteiger partial charge in [-0.3, -0.25) is 4.79 Å². The molecule has 3 aromatic carbocycles. The lowest BCUT2D eigenvalue weighted by molar-refractivity contribution is -0.138. The molecule has 0 spiro atoms. The van der Waals surface area contributed by atoms with E-state index < -0.39 is 45.8 Å². The first-order valence-electron chi connectivity index (χ1n) is 13.2. The van der Waals surface area contributed by atoms with E-state index in [4.69, 9.17) is 11.6 Å². The van der Waals surface area contributed by atoms with E-state index in [9.17, 15) is 35.9 Å². The predicted molar refractivity (Wildman–Crippen MR) is 151 cm³/mol. The highest BCUT2D eigenvalue weighted by Crippen LogP contribution is 2.46. The van der Waals surface area contributed by atoms with E-state index in [0.29, 0.717) is 22.2 Å². The Kier molecular flexibility index (Phi) is 7.88. The van der Waals surface area contributed by atoms with E-state index in [1.807, 2.05) is 0 Å². The molecular weight excluding hydrogens is 596 g/mol. The van der Waals surface area contributed by atoms with Gasteiger partial charge in [0.1, 0.15) is 6.67 Å². The summed E-state index contributed by atoms with van der Waals surface area (Å²) in [6, 6.07) is 15.9. The van der Waals surface area contributed by atoms with Crippen LogP contribution in [0.15, 0.2) is 71.6 Å². The third kappa shape index (κ3) is 5.65. The number of hydrogen-bond donors (Lipinski definition) is 2. The minimum Gasteiger partial charge on any atom is -0.390 e. The largest absolute Gasteiger partial charge is 0.416 e. The van der Waals surface area contributed by atoms with Crippen molar-refractivity contribution < 1.29 is 35.9 Å². The Balaban J connectivity index is 1.44. The first-order chi connectivity index (χ1) is 19.8. The fourth-order valence-corrected chi connectivity index (χ4v) is 6.35. The van der Waals surface area contributed by atoms with Crippen LogP contribution in [0.4, 0.5) is 17.6 Å². The summed E-state index contributed by atoms with van der Waals surface area (Å²) in [6.45, 7) is 0.710. The van der Waals surface area contributed by atoms with Crippen molar-refractivity contribution in [1.82, 2.24) is 9.88 Å². The highest BCUT2D eigenvalue weighted by Gasteiger charge is 2.56. The zero-order valence-corrected chi connectivity index (χ0v) is 24.0. The molecule has 1 aliphatic rings. The summed E-state index contributed by atoms with van der Waals surface area (Å²) in [5.41, 5.74) is -0.207. The average Bonchev–Trinajstić information content (AvgIpc) is 3.48. The molecule has 0 radical (unpaired) electrons. The van der Waals surface area contributed by atoms with E-state index in [-0.39, 0.29) is 46.2 Å². The number of nitrogens with zero attached hydrogens (tertiary/aromatic N) is 1. The van der Waals surface area contributed by atoms with Gasteiger partial charge in [-0.1, -0.05) is 36.7 Å². The van der Waals surface area contributed by atoms with Crippen molar-refractivity contribution in [3.63, 3.8) is 0 Å². The first kappa shape index (κ1) is 30.1. The van der Waals surface area contributed by atoms with Gasteiger partial charge in [0.25, 0.3) is 5.91 Å². The number of carbonyl (C=O) groups excluding carboxylic acids is 1. The number of fused-ring (bicyclic) bond motifs is 1. The third-order valence-electron chi connectivity index (χ3n) is 7.68. The monoisotopic (exact) mass is 622 g/mol. The quantitative estimate of drug-likeness (QED) is 0.222. The molecule has 0 bridgehead atoms. The number of rotatable bonds is 9. The molecule has 0 aliphatic heterocycles. The summed E-state index contributed by atoms with van der Waals surface area (Å²) in [4.78, 5) is 13.5. The molecule has 2 N–H and O–H groups in total. The van der Waals surface area contributed by atoms with Crippen molar-refractivity contribution in [3.8, 4) is 0 Å². The zero-order valence-electron chi connectivity index (χ0n) is 22.4. The molecule has 5 rings (SSSR count). The third-order valence-corrected chi connectivity index (χ3v) is 9.66. The van der Waals surface area contributed by atoms with E-state index in [0.717, 1.165) is 6.07 Å². The van der Waals surface area contributed by atoms with Crippen LogP contribution in [0.2, 0.25) is 5.02 Å². The van der Waals surface area contributed by atoms with Gasteiger partial charge in [0, 0.05) is 40.0 Å². The Morgan fingerprint density at radius 1 is 1.10 bits per heavy atom. The molecule has 1 aliphatic carbocycles. The number of aliphatic hydroxyl groups is 1. The molecule has 1 amide bonds. The maximum atomic E-state index is 13.7. The fourth-order valence-electron chi connectivity index (χ4n) is 5.29. The van der Waals surface area contributed by atoms with Crippen LogP contribution in [0.1, 0.15) is 46.1 Å². The van der Waals surface area contributed by atoms with Crippen LogP contribution < -0.4 is 5.32 Å². The van der Waals surface area contributed by atoms with E-state index in [2.05, 4.69) is 5.32 Å². The van der Waals surface area contributed by atoms with Crippen LogP contribution in [0, 0.1) is 0 Å².